The molecule has 0 spiro atoms. The van der Waals surface area contributed by atoms with Gasteiger partial charge < -0.3 is 15.0 Å². The molecule has 1 atom stereocenters. The molecule has 3 rings (SSSR count). The Hall–Kier alpha value is -1.77. The highest BCUT2D eigenvalue weighted by molar-refractivity contribution is 14.0. The van der Waals surface area contributed by atoms with E-state index < -0.39 is 0 Å². The molecule has 2 aromatic rings. The third-order valence-corrected chi connectivity index (χ3v) is 4.64. The van der Waals surface area contributed by atoms with Crippen LogP contribution in [0.5, 0.6) is 5.75 Å². The average molecular weight is 483 g/mol. The highest BCUT2D eigenvalue weighted by Crippen LogP contribution is 2.26. The lowest BCUT2D eigenvalue weighted by atomic mass is 10.0. The molecule has 1 aromatic heterocycles. The molecule has 0 saturated carbocycles. The summed E-state index contributed by atoms with van der Waals surface area (Å²) >= 11 is 0. The summed E-state index contributed by atoms with van der Waals surface area (Å²) in [5.74, 6) is 2.41. The number of guanidine groups is 1. The van der Waals surface area contributed by atoms with Crippen molar-refractivity contribution >= 4 is 29.9 Å². The van der Waals surface area contributed by atoms with Gasteiger partial charge in [-0.1, -0.05) is 12.1 Å². The third kappa shape index (κ3) is 5.85. The van der Waals surface area contributed by atoms with Crippen molar-refractivity contribution in [2.75, 3.05) is 26.2 Å². The predicted molar refractivity (Wildman–Crippen MR) is 120 cm³/mol. The summed E-state index contributed by atoms with van der Waals surface area (Å²) in [6.45, 7) is 8.31. The van der Waals surface area contributed by atoms with Crippen LogP contribution in [-0.4, -0.2) is 46.9 Å². The van der Waals surface area contributed by atoms with E-state index in [4.69, 9.17) is 9.73 Å². The molecule has 148 valence electrons. The predicted octanol–water partition coefficient (Wildman–Crippen LogP) is 3.39. The van der Waals surface area contributed by atoms with Gasteiger partial charge in [-0.05, 0) is 43.5 Å². The maximum absolute atomic E-state index is 5.58. The molecule has 1 fully saturated rings. The molecule has 0 aliphatic carbocycles. The Morgan fingerprint density at radius 1 is 1.37 bits per heavy atom. The summed E-state index contributed by atoms with van der Waals surface area (Å²) in [6, 6.07) is 8.18. The molecule has 7 heteroatoms. The largest absolute Gasteiger partial charge is 0.494 e. The van der Waals surface area contributed by atoms with Gasteiger partial charge in [0.15, 0.2) is 5.96 Å². The molecule has 1 aliphatic rings. The molecule has 6 nitrogen and oxygen atoms in total. The molecule has 1 unspecified atom stereocenters. The van der Waals surface area contributed by atoms with Crippen LogP contribution in [0.1, 0.15) is 37.3 Å². The molecular weight excluding hydrogens is 453 g/mol. The van der Waals surface area contributed by atoms with Crippen molar-refractivity contribution in [1.29, 1.82) is 0 Å². The Morgan fingerprint density at radius 3 is 2.93 bits per heavy atom. The van der Waals surface area contributed by atoms with Crippen molar-refractivity contribution in [2.24, 2.45) is 12.0 Å². The number of ether oxygens (including phenoxy) is 1. The van der Waals surface area contributed by atoms with E-state index in [-0.39, 0.29) is 24.0 Å². The summed E-state index contributed by atoms with van der Waals surface area (Å²) in [5.41, 5.74) is 2.48. The summed E-state index contributed by atoms with van der Waals surface area (Å²) in [6.07, 6.45) is 5.24. The summed E-state index contributed by atoms with van der Waals surface area (Å²) in [4.78, 5) is 7.21. The number of likely N-dealkylation sites (tertiary alicyclic amines) is 1. The Balaban J connectivity index is 0.00000261. The monoisotopic (exact) mass is 483 g/mol. The van der Waals surface area contributed by atoms with Crippen LogP contribution in [-0.2, 0) is 13.6 Å². The lowest BCUT2D eigenvalue weighted by Crippen LogP contribution is -2.40. The van der Waals surface area contributed by atoms with E-state index in [1.165, 1.54) is 5.56 Å². The Kier molecular flexibility index (Phi) is 8.40. The SMILES string of the molecule is CCNC(=NCc1cccc(OCC)c1)N1CCC(c2cnn(C)c2)C1.I. The Labute approximate surface area is 179 Å². The minimum Gasteiger partial charge on any atom is -0.494 e. The van der Waals surface area contributed by atoms with E-state index in [0.29, 0.717) is 19.1 Å². The van der Waals surface area contributed by atoms with Crippen LogP contribution in [0.3, 0.4) is 0 Å². The van der Waals surface area contributed by atoms with Crippen molar-refractivity contribution < 1.29 is 4.74 Å². The standard InChI is InChI=1S/C20H29N5O.HI/c1-4-21-20(22-12-16-7-6-8-19(11-16)26-5-2)25-10-9-17(15-25)18-13-23-24(3)14-18;/h6-8,11,13-14,17H,4-5,9-10,12,15H2,1-3H3,(H,21,22);1H. The number of halogens is 1. The first-order chi connectivity index (χ1) is 12.7. The number of hydrogen-bond acceptors (Lipinski definition) is 3. The zero-order valence-corrected chi connectivity index (χ0v) is 18.7. The van der Waals surface area contributed by atoms with Gasteiger partial charge in [0.1, 0.15) is 5.75 Å². The Bertz CT molecular complexity index is 745. The Morgan fingerprint density at radius 2 is 2.22 bits per heavy atom. The van der Waals surface area contributed by atoms with E-state index in [1.807, 2.05) is 37.0 Å². The fraction of sp³-hybridized carbons (Fsp3) is 0.500. The highest BCUT2D eigenvalue weighted by Gasteiger charge is 2.26. The number of hydrogen-bond donors (Lipinski definition) is 1. The lowest BCUT2D eigenvalue weighted by molar-refractivity contribution is 0.340. The van der Waals surface area contributed by atoms with E-state index in [9.17, 15) is 0 Å². The fourth-order valence-electron chi connectivity index (χ4n) is 3.37. The van der Waals surface area contributed by atoms with E-state index in [1.54, 1.807) is 0 Å². The highest BCUT2D eigenvalue weighted by atomic mass is 127. The van der Waals surface area contributed by atoms with Gasteiger partial charge >= 0.3 is 0 Å². The molecule has 1 saturated heterocycles. The third-order valence-electron chi connectivity index (χ3n) is 4.64. The lowest BCUT2D eigenvalue weighted by Gasteiger charge is -2.21. The van der Waals surface area contributed by atoms with Gasteiger partial charge in [0.25, 0.3) is 0 Å². The minimum absolute atomic E-state index is 0. The molecule has 0 radical (unpaired) electrons. The number of aromatic nitrogens is 2. The molecule has 27 heavy (non-hydrogen) atoms. The van der Waals surface area contributed by atoms with Crippen LogP contribution in [0.15, 0.2) is 41.7 Å². The van der Waals surface area contributed by atoms with E-state index >= 15 is 0 Å². The summed E-state index contributed by atoms with van der Waals surface area (Å²) in [7, 11) is 1.97. The summed E-state index contributed by atoms with van der Waals surface area (Å²) in [5, 5.41) is 7.74. The maximum Gasteiger partial charge on any atom is 0.194 e. The summed E-state index contributed by atoms with van der Waals surface area (Å²) < 4.78 is 7.46. The fourth-order valence-corrected chi connectivity index (χ4v) is 3.37. The molecule has 1 N–H and O–H groups in total. The smallest absolute Gasteiger partial charge is 0.194 e. The van der Waals surface area contributed by atoms with Gasteiger partial charge in [-0.3, -0.25) is 4.68 Å². The average Bonchev–Trinajstić information content (AvgIpc) is 3.28. The quantitative estimate of drug-likeness (QED) is 0.389. The van der Waals surface area contributed by atoms with E-state index in [0.717, 1.165) is 43.3 Å². The van der Waals surface area contributed by atoms with Crippen molar-refractivity contribution in [3.63, 3.8) is 0 Å². The van der Waals surface area contributed by atoms with E-state index in [2.05, 4.69) is 40.6 Å². The normalized spacial score (nSPS) is 16.9. The van der Waals surface area contributed by atoms with Crippen molar-refractivity contribution in [2.45, 2.75) is 32.7 Å². The van der Waals surface area contributed by atoms with Gasteiger partial charge in [-0.25, -0.2) is 4.99 Å². The molecule has 1 aromatic carbocycles. The number of nitrogens with one attached hydrogen (secondary N) is 1. The van der Waals surface area contributed by atoms with Crippen molar-refractivity contribution in [1.82, 2.24) is 20.0 Å². The van der Waals surface area contributed by atoms with Crippen LogP contribution < -0.4 is 10.1 Å². The maximum atomic E-state index is 5.58. The number of nitrogens with zero attached hydrogens (tertiary/aromatic N) is 4. The molecular formula is C20H30IN5O. The first-order valence-electron chi connectivity index (χ1n) is 9.43. The number of rotatable bonds is 6. The molecule has 2 heterocycles. The number of aliphatic imine (C=N–C) groups is 1. The first kappa shape index (κ1) is 21.5. The number of aryl methyl sites for hydroxylation is 1. The second-order valence-corrected chi connectivity index (χ2v) is 6.63. The minimum atomic E-state index is 0. The molecule has 0 bridgehead atoms. The van der Waals surface area contributed by atoms with Crippen LogP contribution in [0.25, 0.3) is 0 Å². The van der Waals surface area contributed by atoms with Crippen LogP contribution in [0, 0.1) is 0 Å². The van der Waals surface area contributed by atoms with Crippen LogP contribution in [0.2, 0.25) is 0 Å². The number of benzene rings is 1. The van der Waals surface area contributed by atoms with Gasteiger partial charge in [0.05, 0.1) is 19.3 Å². The second-order valence-electron chi connectivity index (χ2n) is 6.63. The molecule has 0 amide bonds. The van der Waals surface area contributed by atoms with Gasteiger partial charge in [-0.2, -0.15) is 5.10 Å². The topological polar surface area (TPSA) is 54.7 Å². The van der Waals surface area contributed by atoms with Crippen LogP contribution >= 0.6 is 24.0 Å². The zero-order valence-electron chi connectivity index (χ0n) is 16.4. The zero-order chi connectivity index (χ0) is 18.4. The first-order valence-corrected chi connectivity index (χ1v) is 9.43. The van der Waals surface area contributed by atoms with Crippen LogP contribution in [0.4, 0.5) is 0 Å². The van der Waals surface area contributed by atoms with Gasteiger partial charge in [0, 0.05) is 38.8 Å². The second kappa shape index (κ2) is 10.5. The molecule has 1 aliphatic heterocycles. The van der Waals surface area contributed by atoms with Gasteiger partial charge in [0.2, 0.25) is 0 Å². The van der Waals surface area contributed by atoms with Crippen molar-refractivity contribution in [3.8, 4) is 5.75 Å². The van der Waals surface area contributed by atoms with Crippen molar-refractivity contribution in [3.05, 3.63) is 47.8 Å². The van der Waals surface area contributed by atoms with Gasteiger partial charge in [-0.15, -0.1) is 24.0 Å².